The summed E-state index contributed by atoms with van der Waals surface area (Å²) < 4.78 is 1.09. The predicted octanol–water partition coefficient (Wildman–Crippen LogP) is 4.77. The summed E-state index contributed by atoms with van der Waals surface area (Å²) in [6.45, 7) is 0. The normalized spacial score (nSPS) is 10.1. The van der Waals surface area contributed by atoms with Crippen molar-refractivity contribution < 1.29 is 0 Å². The molecule has 0 bridgehead atoms. The zero-order valence-electron chi connectivity index (χ0n) is 7.37. The molecule has 0 aromatic heterocycles. The lowest BCUT2D eigenvalue weighted by molar-refractivity contribution is 1.59. The summed E-state index contributed by atoms with van der Waals surface area (Å²) in [6, 6.07) is 16.0. The summed E-state index contributed by atoms with van der Waals surface area (Å²) in [4.78, 5) is 0. The van der Waals surface area contributed by atoms with Crippen LogP contribution in [0.15, 0.2) is 53.0 Å². The fourth-order valence-electron chi connectivity index (χ4n) is 1.31. The Labute approximate surface area is 96.7 Å². The molecule has 2 heteroatoms. The maximum absolute atomic E-state index is 5.92. The Kier molecular flexibility index (Phi) is 2.90. The van der Waals surface area contributed by atoms with E-state index in [2.05, 4.69) is 34.1 Å². The van der Waals surface area contributed by atoms with E-state index in [0.29, 0.717) is 0 Å². The van der Waals surface area contributed by atoms with Gasteiger partial charge in [-0.05, 0) is 35.4 Å². The molecule has 2 aromatic carbocycles. The van der Waals surface area contributed by atoms with Crippen molar-refractivity contribution in [1.29, 1.82) is 0 Å². The first-order chi connectivity index (χ1) is 6.75. The van der Waals surface area contributed by atoms with Crippen molar-refractivity contribution in [3.8, 4) is 11.1 Å². The third kappa shape index (κ3) is 2.17. The van der Waals surface area contributed by atoms with Gasteiger partial charge >= 0.3 is 0 Å². The number of rotatable bonds is 1. The Hall–Kier alpha value is -0.790. The molecule has 0 atom stereocenters. The van der Waals surface area contributed by atoms with E-state index in [-0.39, 0.29) is 0 Å². The molecule has 2 aromatic rings. The summed E-state index contributed by atoms with van der Waals surface area (Å²) in [7, 11) is 0. The Morgan fingerprint density at radius 3 is 2.21 bits per heavy atom. The number of hydrogen-bond acceptors (Lipinski definition) is 0. The van der Waals surface area contributed by atoms with Gasteiger partial charge in [0, 0.05) is 9.50 Å². The molecule has 0 nitrogen and oxygen atoms in total. The van der Waals surface area contributed by atoms with Crippen molar-refractivity contribution in [2.75, 3.05) is 0 Å². The van der Waals surface area contributed by atoms with Crippen LogP contribution in [0.2, 0.25) is 5.02 Å². The molecule has 0 amide bonds. The second-order valence-electron chi connectivity index (χ2n) is 3.02. The van der Waals surface area contributed by atoms with E-state index in [1.165, 1.54) is 5.56 Å². The summed E-state index contributed by atoms with van der Waals surface area (Å²) in [5, 5.41) is 0.769. The smallest absolute Gasteiger partial charge is 0.0412 e. The van der Waals surface area contributed by atoms with Crippen LogP contribution in [0.1, 0.15) is 0 Å². The maximum Gasteiger partial charge on any atom is 0.0412 e. The fourth-order valence-corrected chi connectivity index (χ4v) is 1.77. The largest absolute Gasteiger partial charge is 0.0843 e. The second-order valence-corrected chi connectivity index (χ2v) is 4.37. The van der Waals surface area contributed by atoms with E-state index in [1.807, 2.05) is 30.3 Å². The standard InChI is InChI=1S/C12H8BrCl/c13-11-6-4-9(5-7-11)10-2-1-3-12(14)8-10/h1-8H. The first-order valence-electron chi connectivity index (χ1n) is 4.27. The molecule has 2 rings (SSSR count). The van der Waals surface area contributed by atoms with Gasteiger partial charge in [-0.15, -0.1) is 0 Å². The molecule has 0 unspecified atom stereocenters. The van der Waals surface area contributed by atoms with Gasteiger partial charge < -0.3 is 0 Å². The molecule has 0 spiro atoms. The van der Waals surface area contributed by atoms with E-state index in [0.717, 1.165) is 15.1 Å². The van der Waals surface area contributed by atoms with Gasteiger partial charge in [0.05, 0.1) is 0 Å². The molecular formula is C12H8BrCl. The van der Waals surface area contributed by atoms with Crippen molar-refractivity contribution in [2.45, 2.75) is 0 Å². The highest BCUT2D eigenvalue weighted by Crippen LogP contribution is 2.23. The van der Waals surface area contributed by atoms with E-state index in [9.17, 15) is 0 Å². The van der Waals surface area contributed by atoms with Gasteiger partial charge in [0.1, 0.15) is 0 Å². The van der Waals surface area contributed by atoms with Crippen LogP contribution < -0.4 is 0 Å². The summed E-state index contributed by atoms with van der Waals surface area (Å²) in [5.74, 6) is 0. The van der Waals surface area contributed by atoms with E-state index in [1.54, 1.807) is 0 Å². The Bertz CT molecular complexity index is 434. The number of hydrogen-bond donors (Lipinski definition) is 0. The summed E-state index contributed by atoms with van der Waals surface area (Å²) >= 11 is 9.32. The van der Waals surface area contributed by atoms with Crippen LogP contribution in [0.3, 0.4) is 0 Å². The van der Waals surface area contributed by atoms with Crippen molar-refractivity contribution in [3.63, 3.8) is 0 Å². The topological polar surface area (TPSA) is 0 Å². The van der Waals surface area contributed by atoms with Crippen LogP contribution in [0.5, 0.6) is 0 Å². The Balaban J connectivity index is 2.44. The van der Waals surface area contributed by atoms with Gasteiger partial charge in [-0.2, -0.15) is 0 Å². The second kappa shape index (κ2) is 4.16. The highest BCUT2D eigenvalue weighted by atomic mass is 79.9. The van der Waals surface area contributed by atoms with Gasteiger partial charge in [0.15, 0.2) is 0 Å². The molecule has 0 aliphatic rings. The molecule has 0 aliphatic heterocycles. The highest BCUT2D eigenvalue weighted by molar-refractivity contribution is 9.10. The van der Waals surface area contributed by atoms with E-state index >= 15 is 0 Å². The summed E-state index contributed by atoms with van der Waals surface area (Å²) in [6.07, 6.45) is 0. The van der Waals surface area contributed by atoms with Crippen LogP contribution in [0.25, 0.3) is 11.1 Å². The van der Waals surface area contributed by atoms with Crippen molar-refractivity contribution in [2.24, 2.45) is 0 Å². The minimum Gasteiger partial charge on any atom is -0.0843 e. The molecule has 14 heavy (non-hydrogen) atoms. The first kappa shape index (κ1) is 9.75. The number of benzene rings is 2. The van der Waals surface area contributed by atoms with Crippen molar-refractivity contribution >= 4 is 27.5 Å². The maximum atomic E-state index is 5.92. The Morgan fingerprint density at radius 2 is 1.57 bits per heavy atom. The van der Waals surface area contributed by atoms with Crippen molar-refractivity contribution in [3.05, 3.63) is 58.0 Å². The molecule has 0 heterocycles. The minimum atomic E-state index is 0.769. The van der Waals surface area contributed by atoms with Gasteiger partial charge in [-0.25, -0.2) is 0 Å². The molecule has 70 valence electrons. The van der Waals surface area contributed by atoms with Gasteiger partial charge in [-0.1, -0.05) is 51.8 Å². The zero-order chi connectivity index (χ0) is 9.97. The van der Waals surface area contributed by atoms with Crippen LogP contribution in [-0.4, -0.2) is 0 Å². The first-order valence-corrected chi connectivity index (χ1v) is 5.44. The third-order valence-corrected chi connectivity index (χ3v) is 2.77. The minimum absolute atomic E-state index is 0.769. The van der Waals surface area contributed by atoms with Crippen LogP contribution >= 0.6 is 27.5 Å². The fraction of sp³-hybridized carbons (Fsp3) is 0. The molecule has 0 radical (unpaired) electrons. The summed E-state index contributed by atoms with van der Waals surface area (Å²) in [5.41, 5.74) is 2.32. The van der Waals surface area contributed by atoms with Crippen LogP contribution in [0.4, 0.5) is 0 Å². The lowest BCUT2D eigenvalue weighted by Gasteiger charge is -2.01. The van der Waals surface area contributed by atoms with Gasteiger partial charge in [0.2, 0.25) is 0 Å². The van der Waals surface area contributed by atoms with Crippen molar-refractivity contribution in [1.82, 2.24) is 0 Å². The lowest BCUT2D eigenvalue weighted by Crippen LogP contribution is -1.76. The quantitative estimate of drug-likeness (QED) is 0.698. The molecule has 0 N–H and O–H groups in total. The molecule has 0 saturated carbocycles. The van der Waals surface area contributed by atoms with Gasteiger partial charge in [-0.3, -0.25) is 0 Å². The van der Waals surface area contributed by atoms with Crippen LogP contribution in [0, 0.1) is 0 Å². The van der Waals surface area contributed by atoms with E-state index < -0.39 is 0 Å². The zero-order valence-corrected chi connectivity index (χ0v) is 9.72. The predicted molar refractivity (Wildman–Crippen MR) is 64.6 cm³/mol. The SMILES string of the molecule is Clc1cccc(-c2ccc(Br)cc2)c1. The third-order valence-electron chi connectivity index (χ3n) is 2.00. The number of halogens is 2. The lowest BCUT2D eigenvalue weighted by atomic mass is 10.1. The van der Waals surface area contributed by atoms with E-state index in [4.69, 9.17) is 11.6 Å². The molecule has 0 fully saturated rings. The molecular weight excluding hydrogens is 259 g/mol. The molecule has 0 aliphatic carbocycles. The molecule has 0 saturated heterocycles. The highest BCUT2D eigenvalue weighted by Gasteiger charge is 1.97. The van der Waals surface area contributed by atoms with Gasteiger partial charge in [0.25, 0.3) is 0 Å². The monoisotopic (exact) mass is 266 g/mol. The average Bonchev–Trinajstić information content (AvgIpc) is 2.19. The Morgan fingerprint density at radius 1 is 0.857 bits per heavy atom. The average molecular weight is 268 g/mol. The van der Waals surface area contributed by atoms with Crippen LogP contribution in [-0.2, 0) is 0 Å².